The van der Waals surface area contributed by atoms with Gasteiger partial charge in [0.15, 0.2) is 0 Å². The van der Waals surface area contributed by atoms with Crippen LogP contribution in [0.1, 0.15) is 11.4 Å². The fraction of sp³-hybridized carbons (Fsp3) is 0.300. The van der Waals surface area contributed by atoms with E-state index in [0.717, 1.165) is 22.4 Å². The van der Waals surface area contributed by atoms with Crippen LogP contribution in [0.5, 0.6) is 0 Å². The van der Waals surface area contributed by atoms with Gasteiger partial charge in [0.25, 0.3) is 0 Å². The number of rotatable bonds is 1. The predicted octanol–water partition coefficient (Wildman–Crippen LogP) is 2.62. The van der Waals surface area contributed by atoms with Gasteiger partial charge >= 0.3 is 0 Å². The monoisotopic (exact) mass is 194 g/mol. The number of nitrogens with zero attached hydrogens (tertiary/aromatic N) is 2. The van der Waals surface area contributed by atoms with Crippen molar-refractivity contribution in [2.45, 2.75) is 12.8 Å². The Labute approximate surface area is 82.1 Å². The second kappa shape index (κ2) is 3.04. The highest BCUT2D eigenvalue weighted by Crippen LogP contribution is 2.17. The summed E-state index contributed by atoms with van der Waals surface area (Å²) in [6.45, 7) is 2.00. The van der Waals surface area contributed by atoms with E-state index >= 15 is 0 Å². The second-order valence-electron chi connectivity index (χ2n) is 3.17. The number of aryl methyl sites for hydroxylation is 2. The van der Waals surface area contributed by atoms with E-state index in [1.807, 2.05) is 26.1 Å². The summed E-state index contributed by atoms with van der Waals surface area (Å²) in [7, 11) is 2.02. The molecule has 1 heterocycles. The first-order chi connectivity index (χ1) is 6.22. The summed E-state index contributed by atoms with van der Waals surface area (Å²) < 4.78 is 2.07. The van der Waals surface area contributed by atoms with E-state index in [2.05, 4.69) is 15.6 Å². The first-order valence-electron chi connectivity index (χ1n) is 4.20. The number of hydrogen-bond donors (Lipinski definition) is 0. The fourth-order valence-corrected chi connectivity index (χ4v) is 1.61. The Balaban J connectivity index is 2.75. The summed E-state index contributed by atoms with van der Waals surface area (Å²) in [5.74, 6) is 1.59. The lowest BCUT2D eigenvalue weighted by molar-refractivity contribution is 0.885. The van der Waals surface area contributed by atoms with Crippen molar-refractivity contribution in [2.24, 2.45) is 7.05 Å². The molecule has 1 aromatic heterocycles. The summed E-state index contributed by atoms with van der Waals surface area (Å²) >= 11 is 5.76. The highest BCUT2D eigenvalue weighted by atomic mass is 35.5. The maximum Gasteiger partial charge on any atom is 0.106 e. The summed E-state index contributed by atoms with van der Waals surface area (Å²) in [4.78, 5) is 4.41. The van der Waals surface area contributed by atoms with Crippen LogP contribution in [0, 0.1) is 6.92 Å². The molecular weight excluding hydrogens is 184 g/mol. The Morgan fingerprint density at radius 3 is 2.92 bits per heavy atom. The van der Waals surface area contributed by atoms with Crippen LogP contribution in [0.2, 0.25) is 0 Å². The lowest BCUT2D eigenvalue weighted by Gasteiger charge is -1.98. The minimum atomic E-state index is 0.556. The molecule has 0 N–H and O–H groups in total. The Morgan fingerprint density at radius 2 is 2.23 bits per heavy atom. The third-order valence-corrected chi connectivity index (χ3v) is 2.63. The summed E-state index contributed by atoms with van der Waals surface area (Å²) in [5.41, 5.74) is 3.32. The molecule has 0 unspecified atom stereocenters. The van der Waals surface area contributed by atoms with Crippen LogP contribution in [0.4, 0.5) is 0 Å². The van der Waals surface area contributed by atoms with Gasteiger partial charge in [-0.05, 0) is 24.6 Å². The molecule has 0 saturated carbocycles. The van der Waals surface area contributed by atoms with Crippen LogP contribution in [-0.2, 0) is 12.9 Å². The molecule has 3 heteroatoms. The van der Waals surface area contributed by atoms with E-state index in [0.29, 0.717) is 5.88 Å². The number of aromatic nitrogens is 2. The van der Waals surface area contributed by atoms with Crippen LogP contribution in [0.25, 0.3) is 11.0 Å². The molecule has 2 aromatic rings. The summed E-state index contributed by atoms with van der Waals surface area (Å²) in [5, 5.41) is 0. The van der Waals surface area contributed by atoms with Gasteiger partial charge in [-0.3, -0.25) is 0 Å². The number of halogens is 1. The van der Waals surface area contributed by atoms with Crippen molar-refractivity contribution in [3.63, 3.8) is 0 Å². The van der Waals surface area contributed by atoms with Gasteiger partial charge in [0.1, 0.15) is 5.82 Å². The molecule has 0 aliphatic heterocycles. The van der Waals surface area contributed by atoms with Gasteiger partial charge in [0.05, 0.1) is 11.0 Å². The van der Waals surface area contributed by atoms with Crippen molar-refractivity contribution >= 4 is 22.6 Å². The zero-order valence-electron chi connectivity index (χ0n) is 7.71. The first kappa shape index (κ1) is 8.57. The van der Waals surface area contributed by atoms with Gasteiger partial charge in [0, 0.05) is 12.9 Å². The smallest absolute Gasteiger partial charge is 0.106 e. The number of benzene rings is 1. The van der Waals surface area contributed by atoms with Crippen LogP contribution in [-0.4, -0.2) is 9.55 Å². The number of hydrogen-bond acceptors (Lipinski definition) is 1. The van der Waals surface area contributed by atoms with Crippen LogP contribution in [0.15, 0.2) is 18.2 Å². The molecule has 0 aliphatic rings. The molecule has 0 saturated heterocycles. The van der Waals surface area contributed by atoms with Gasteiger partial charge < -0.3 is 4.57 Å². The lowest BCUT2D eigenvalue weighted by Crippen LogP contribution is -1.90. The lowest BCUT2D eigenvalue weighted by atomic mass is 10.2. The van der Waals surface area contributed by atoms with E-state index in [1.165, 1.54) is 0 Å². The zero-order valence-corrected chi connectivity index (χ0v) is 8.47. The van der Waals surface area contributed by atoms with E-state index in [-0.39, 0.29) is 0 Å². The van der Waals surface area contributed by atoms with Gasteiger partial charge in [-0.25, -0.2) is 4.98 Å². The largest absolute Gasteiger partial charge is 0.331 e. The highest BCUT2D eigenvalue weighted by Gasteiger charge is 2.03. The molecule has 0 amide bonds. The molecule has 2 rings (SSSR count). The maximum atomic E-state index is 5.76. The Morgan fingerprint density at radius 1 is 1.46 bits per heavy atom. The van der Waals surface area contributed by atoms with Crippen molar-refractivity contribution in [2.75, 3.05) is 0 Å². The SMILES string of the molecule is Cc1nc2ccc(CCl)cc2n1C. The van der Waals surface area contributed by atoms with E-state index in [1.54, 1.807) is 0 Å². The van der Waals surface area contributed by atoms with Crippen LogP contribution >= 0.6 is 11.6 Å². The van der Waals surface area contributed by atoms with Crippen molar-refractivity contribution in [3.05, 3.63) is 29.6 Å². The van der Waals surface area contributed by atoms with Crippen molar-refractivity contribution in [3.8, 4) is 0 Å². The zero-order chi connectivity index (χ0) is 9.42. The van der Waals surface area contributed by atoms with Crippen LogP contribution in [0.3, 0.4) is 0 Å². The molecule has 0 bridgehead atoms. The van der Waals surface area contributed by atoms with Crippen molar-refractivity contribution in [1.29, 1.82) is 0 Å². The molecule has 0 radical (unpaired) electrons. The molecule has 1 aromatic carbocycles. The van der Waals surface area contributed by atoms with Gasteiger partial charge in [-0.2, -0.15) is 0 Å². The predicted molar refractivity (Wildman–Crippen MR) is 55.0 cm³/mol. The standard InChI is InChI=1S/C10H11ClN2/c1-7-12-9-4-3-8(6-11)5-10(9)13(7)2/h3-5H,6H2,1-2H3. The van der Waals surface area contributed by atoms with Crippen molar-refractivity contribution in [1.82, 2.24) is 9.55 Å². The number of alkyl halides is 1. The fourth-order valence-electron chi connectivity index (χ4n) is 1.44. The highest BCUT2D eigenvalue weighted by molar-refractivity contribution is 6.17. The molecule has 68 valence electrons. The normalized spacial score (nSPS) is 11.0. The first-order valence-corrected chi connectivity index (χ1v) is 4.74. The van der Waals surface area contributed by atoms with E-state index < -0.39 is 0 Å². The molecule has 2 nitrogen and oxygen atoms in total. The third kappa shape index (κ3) is 1.31. The molecule has 0 atom stereocenters. The Bertz CT molecular complexity index is 445. The second-order valence-corrected chi connectivity index (χ2v) is 3.44. The van der Waals surface area contributed by atoms with Crippen molar-refractivity contribution < 1.29 is 0 Å². The van der Waals surface area contributed by atoms with E-state index in [4.69, 9.17) is 11.6 Å². The van der Waals surface area contributed by atoms with Gasteiger partial charge in [-0.15, -0.1) is 11.6 Å². The summed E-state index contributed by atoms with van der Waals surface area (Å²) in [6.07, 6.45) is 0. The van der Waals surface area contributed by atoms with Crippen LogP contribution < -0.4 is 0 Å². The topological polar surface area (TPSA) is 17.8 Å². The molecular formula is C10H11ClN2. The Kier molecular flexibility index (Phi) is 2.00. The Hall–Kier alpha value is -1.02. The molecule has 0 fully saturated rings. The van der Waals surface area contributed by atoms with Gasteiger partial charge in [0.2, 0.25) is 0 Å². The number of imidazole rings is 1. The molecule has 0 spiro atoms. The minimum absolute atomic E-state index is 0.556. The third-order valence-electron chi connectivity index (χ3n) is 2.32. The minimum Gasteiger partial charge on any atom is -0.331 e. The summed E-state index contributed by atoms with van der Waals surface area (Å²) in [6, 6.07) is 6.12. The average molecular weight is 195 g/mol. The number of fused-ring (bicyclic) bond motifs is 1. The molecule has 0 aliphatic carbocycles. The van der Waals surface area contributed by atoms with Gasteiger partial charge in [-0.1, -0.05) is 6.07 Å². The van der Waals surface area contributed by atoms with E-state index in [9.17, 15) is 0 Å². The average Bonchev–Trinajstić information content (AvgIpc) is 2.43. The molecule has 13 heavy (non-hydrogen) atoms. The quantitative estimate of drug-likeness (QED) is 0.639. The maximum absolute atomic E-state index is 5.76.